The van der Waals surface area contributed by atoms with Crippen molar-refractivity contribution in [2.75, 3.05) is 0 Å². The molecule has 0 aromatic heterocycles. The van der Waals surface area contributed by atoms with Crippen LogP contribution in [0.3, 0.4) is 0 Å². The van der Waals surface area contributed by atoms with Gasteiger partial charge in [0.05, 0.1) is 0 Å². The van der Waals surface area contributed by atoms with Crippen molar-refractivity contribution < 1.29 is 59.9 Å². The fraction of sp³-hybridized carbons (Fsp3) is 0.500. The first-order chi connectivity index (χ1) is 2.00. The van der Waals surface area contributed by atoms with E-state index in [1.807, 2.05) is 0 Å². The van der Waals surface area contributed by atoms with Gasteiger partial charge in [0.25, 0.3) is 0 Å². The molecule has 0 N–H and O–H groups in total. The Bertz CT molecular complexity index is 13.8. The zero-order valence-corrected chi connectivity index (χ0v) is 8.76. The van der Waals surface area contributed by atoms with Gasteiger partial charge in [-0.25, -0.2) is 0 Å². The number of rotatable bonds is 0. The van der Waals surface area contributed by atoms with E-state index in [1.165, 1.54) is 0 Å². The first-order valence-electron chi connectivity index (χ1n) is 1.41. The minimum absolute atomic E-state index is 0. The summed E-state index contributed by atoms with van der Waals surface area (Å²) in [6.07, 6.45) is 0. The molecule has 0 rings (SSSR count). The van der Waals surface area contributed by atoms with Gasteiger partial charge in [-0.3, -0.25) is 0 Å². The van der Waals surface area contributed by atoms with Crippen LogP contribution < -0.4 is 0 Å². The third-order valence-electron chi connectivity index (χ3n) is 0. The van der Waals surface area contributed by atoms with Crippen LogP contribution in [0.1, 0.15) is 13.8 Å². The molecule has 0 saturated carbocycles. The van der Waals surface area contributed by atoms with Crippen molar-refractivity contribution >= 4 is 0 Å². The maximum Gasteiger partial charge on any atom is 4.00 e. The smallest absolute Gasteiger partial charge is 2.00 e. The van der Waals surface area contributed by atoms with Gasteiger partial charge in [-0.1, -0.05) is 0 Å². The molecule has 3 nitrogen and oxygen atoms in total. The monoisotopic (exact) mass is 202 g/mol. The average Bonchev–Trinajstić information content (AvgIpc) is 1.50. The molecule has 52 valence electrons. The summed E-state index contributed by atoms with van der Waals surface area (Å²) in [6, 6.07) is 0. The second kappa shape index (κ2) is 375. The van der Waals surface area contributed by atoms with Gasteiger partial charge in [0.15, 0.2) is 0 Å². The van der Waals surface area contributed by atoms with E-state index in [2.05, 4.69) is 13.8 Å². The van der Waals surface area contributed by atoms with Gasteiger partial charge >= 0.3 is 43.4 Å². The molecule has 0 atom stereocenters. The van der Waals surface area contributed by atoms with Crippen LogP contribution in [0.15, 0.2) is 0 Å². The van der Waals surface area contributed by atoms with E-state index in [-0.39, 0.29) is 59.9 Å². The van der Waals surface area contributed by atoms with Crippen LogP contribution in [0.5, 0.6) is 0 Å². The van der Waals surface area contributed by atoms with Crippen LogP contribution in [0.2, 0.25) is 0 Å². The summed E-state index contributed by atoms with van der Waals surface area (Å²) in [5.74, 6) is 0. The second-order valence-electron chi connectivity index (χ2n) is 0. The Morgan fingerprint density at radius 2 is 0.556 bits per heavy atom. The van der Waals surface area contributed by atoms with Gasteiger partial charge in [0.2, 0.25) is 0 Å². The summed E-state index contributed by atoms with van der Waals surface area (Å²) >= 11 is 0. The largest absolute Gasteiger partial charge is 4.00 e. The molecule has 0 radical (unpaired) electrons. The Kier molecular flexibility index (Phi) is 3400. The minimum atomic E-state index is 0. The van der Waals surface area contributed by atoms with Gasteiger partial charge in [0.1, 0.15) is 0 Å². The summed E-state index contributed by atoms with van der Waals surface area (Å²) in [4.78, 5) is 0. The molecule has 5 heteroatoms. The van der Waals surface area contributed by atoms with Gasteiger partial charge in [-0.15, -0.1) is 0 Å². The molecule has 0 bridgehead atoms. The third kappa shape index (κ3) is 290. The zero-order valence-electron chi connectivity index (χ0n) is 5.64. The molecule has 0 aliphatic carbocycles. The zero-order chi connectivity index (χ0) is 4.00. The molecule has 0 amide bonds. The summed E-state index contributed by atoms with van der Waals surface area (Å²) < 4.78 is 0. The molecular weight excluding hydrogens is 192 g/mol. The van der Waals surface area contributed by atoms with Crippen molar-refractivity contribution in [3.63, 3.8) is 0 Å². The number of hydrogen-bond donors (Lipinski definition) is 0. The first-order valence-corrected chi connectivity index (χ1v) is 1.41. The topological polar surface area (TPSA) is 85.5 Å². The van der Waals surface area contributed by atoms with Crippen LogP contribution in [0.25, 0.3) is 0 Å². The van der Waals surface area contributed by atoms with Gasteiger partial charge < -0.3 is 30.3 Å². The fourth-order valence-corrected chi connectivity index (χ4v) is 0. The van der Waals surface area contributed by atoms with Crippen LogP contribution in [0, 0.1) is 13.8 Å². The Morgan fingerprint density at radius 3 is 0.556 bits per heavy atom. The third-order valence-corrected chi connectivity index (χ3v) is 0. The molecule has 0 aromatic carbocycles. The maximum atomic E-state index is 3.25. The summed E-state index contributed by atoms with van der Waals surface area (Å²) in [5, 5.41) is 0. The standard InChI is InChI=1S/2C2H5.3O.2Ti/c2*1-2;;;;;/h2*1H2,2H3;;;;;/q2*-1;3*-2;2*+4. The Hall–Kier alpha value is 1.31. The summed E-state index contributed by atoms with van der Waals surface area (Å²) in [6.45, 7) is 10.0. The van der Waals surface area contributed by atoms with E-state index in [4.69, 9.17) is 0 Å². The minimum Gasteiger partial charge on any atom is -2.00 e. The quantitative estimate of drug-likeness (QED) is 0.418. The normalized spacial score (nSPS) is 1.33. The Morgan fingerprint density at radius 1 is 0.556 bits per heavy atom. The summed E-state index contributed by atoms with van der Waals surface area (Å²) in [5.41, 5.74) is 0. The predicted octanol–water partition coefficient (Wildman–Crippen LogP) is 1.32. The summed E-state index contributed by atoms with van der Waals surface area (Å²) in [7, 11) is 0. The molecule has 0 spiro atoms. The van der Waals surface area contributed by atoms with Crippen molar-refractivity contribution in [3.05, 3.63) is 13.8 Å². The second-order valence-corrected chi connectivity index (χ2v) is 0. The van der Waals surface area contributed by atoms with Crippen LogP contribution in [-0.2, 0) is 59.9 Å². The molecule has 0 fully saturated rings. The molecule has 0 aliphatic rings. The molecule has 0 aliphatic heterocycles. The van der Waals surface area contributed by atoms with Gasteiger partial charge in [-0.2, -0.15) is 13.8 Å². The molecule has 0 unspecified atom stereocenters. The number of hydrogen-bond acceptors (Lipinski definition) is 0. The Balaban J connectivity index is -0.00000000114. The van der Waals surface area contributed by atoms with E-state index in [1.54, 1.807) is 13.8 Å². The van der Waals surface area contributed by atoms with E-state index in [9.17, 15) is 0 Å². The van der Waals surface area contributed by atoms with Crippen molar-refractivity contribution in [2.45, 2.75) is 13.8 Å². The van der Waals surface area contributed by atoms with E-state index < -0.39 is 0 Å². The average molecular weight is 202 g/mol. The van der Waals surface area contributed by atoms with Gasteiger partial charge in [0, 0.05) is 0 Å². The van der Waals surface area contributed by atoms with Crippen LogP contribution >= 0.6 is 0 Å². The van der Waals surface area contributed by atoms with Crippen LogP contribution in [0.4, 0.5) is 0 Å². The molecule has 0 aromatic rings. The van der Waals surface area contributed by atoms with Gasteiger partial charge in [-0.05, 0) is 0 Å². The van der Waals surface area contributed by atoms with Crippen LogP contribution in [-0.4, -0.2) is 0 Å². The van der Waals surface area contributed by atoms with E-state index in [0.717, 1.165) is 0 Å². The van der Waals surface area contributed by atoms with Crippen molar-refractivity contribution in [2.24, 2.45) is 0 Å². The van der Waals surface area contributed by atoms with E-state index in [0.29, 0.717) is 0 Å². The Labute approximate surface area is 87.3 Å². The fourth-order valence-electron chi connectivity index (χ4n) is 0. The van der Waals surface area contributed by atoms with Crippen molar-refractivity contribution in [1.82, 2.24) is 0 Å². The van der Waals surface area contributed by atoms with E-state index >= 15 is 0 Å². The van der Waals surface area contributed by atoms with Crippen molar-refractivity contribution in [3.8, 4) is 0 Å². The molecule has 0 saturated heterocycles. The molecule has 9 heavy (non-hydrogen) atoms. The predicted molar refractivity (Wildman–Crippen MR) is 24.1 cm³/mol. The maximum absolute atomic E-state index is 3.25. The molecular formula is C4H10O3Ti2. The first kappa shape index (κ1) is 81.6. The van der Waals surface area contributed by atoms with Crippen molar-refractivity contribution in [1.29, 1.82) is 0 Å². The molecule has 0 heterocycles. The SMILES string of the molecule is [CH2-]C.[CH2-]C.[O-2].[O-2].[O-2].[Ti+4].[Ti+4].